The summed E-state index contributed by atoms with van der Waals surface area (Å²) in [5.74, 6) is 0.0318. The number of fused-ring (bicyclic) bond motifs is 1. The van der Waals surface area contributed by atoms with Crippen molar-refractivity contribution in [1.82, 2.24) is 10.3 Å². The number of aromatic nitrogens is 1. The highest BCUT2D eigenvalue weighted by atomic mass is 35.5. The molecule has 0 fully saturated rings. The third-order valence-corrected chi connectivity index (χ3v) is 6.77. The molecule has 1 unspecified atom stereocenters. The van der Waals surface area contributed by atoms with Crippen molar-refractivity contribution in [3.8, 4) is 28.3 Å². The van der Waals surface area contributed by atoms with Gasteiger partial charge in [-0.1, -0.05) is 46.9 Å². The second-order valence-corrected chi connectivity index (χ2v) is 10.9. The van der Waals surface area contributed by atoms with Crippen LogP contribution in [-0.4, -0.2) is 22.0 Å². The molecule has 1 amide bonds. The van der Waals surface area contributed by atoms with Crippen LogP contribution in [0.4, 0.5) is 0 Å². The molecule has 3 N–H and O–H groups in total. The summed E-state index contributed by atoms with van der Waals surface area (Å²) in [4.78, 5) is 17.0. The third kappa shape index (κ3) is 5.03. The predicted molar refractivity (Wildman–Crippen MR) is 139 cm³/mol. The molecule has 8 heteroatoms. The Morgan fingerprint density at radius 2 is 1.71 bits per heavy atom. The van der Waals surface area contributed by atoms with Gasteiger partial charge in [-0.05, 0) is 69.7 Å². The molecule has 0 spiro atoms. The van der Waals surface area contributed by atoms with Crippen molar-refractivity contribution in [2.24, 2.45) is 5.73 Å². The monoisotopic (exact) mass is 517 g/mol. The van der Waals surface area contributed by atoms with E-state index in [1.165, 1.54) is 0 Å². The van der Waals surface area contributed by atoms with E-state index < -0.39 is 17.0 Å². The fraction of sp³-hybridized carbons (Fsp3) is 0.308. The van der Waals surface area contributed by atoms with Crippen LogP contribution in [-0.2, 0) is 4.79 Å². The Morgan fingerprint density at radius 3 is 2.35 bits per heavy atom. The molecular weight excluding hydrogens is 493 g/mol. The minimum absolute atomic E-state index is 0.219. The molecule has 1 atom stereocenters. The first-order chi connectivity index (χ1) is 15.9. The first-order valence-corrected chi connectivity index (χ1v) is 12.0. The molecular formula is C26H26Cl3N3O2. The molecule has 2 aromatic carbocycles. The van der Waals surface area contributed by atoms with Gasteiger partial charge in [0.2, 0.25) is 11.8 Å². The lowest BCUT2D eigenvalue weighted by Gasteiger charge is -2.40. The molecule has 4 rings (SSSR count). The van der Waals surface area contributed by atoms with Gasteiger partial charge in [0.05, 0.1) is 16.3 Å². The van der Waals surface area contributed by atoms with Gasteiger partial charge in [-0.15, -0.1) is 0 Å². The number of carbonyl (C=O) groups excluding carboxylic acids is 1. The van der Waals surface area contributed by atoms with Gasteiger partial charge in [0.15, 0.2) is 0 Å². The smallest absolute Gasteiger partial charge is 0.237 e. The zero-order valence-electron chi connectivity index (χ0n) is 19.4. The van der Waals surface area contributed by atoms with Crippen molar-refractivity contribution in [3.05, 3.63) is 69.2 Å². The van der Waals surface area contributed by atoms with Gasteiger partial charge in [0.25, 0.3) is 0 Å². The van der Waals surface area contributed by atoms with Crippen molar-refractivity contribution < 1.29 is 9.53 Å². The van der Waals surface area contributed by atoms with Gasteiger partial charge in [-0.2, -0.15) is 0 Å². The number of pyridine rings is 1. The number of amides is 1. The van der Waals surface area contributed by atoms with Gasteiger partial charge >= 0.3 is 0 Å². The molecule has 178 valence electrons. The van der Waals surface area contributed by atoms with Crippen LogP contribution >= 0.6 is 34.8 Å². The van der Waals surface area contributed by atoms with Gasteiger partial charge in [0.1, 0.15) is 5.60 Å². The van der Waals surface area contributed by atoms with Crippen LogP contribution in [0.25, 0.3) is 22.4 Å². The lowest BCUT2D eigenvalue weighted by Crippen LogP contribution is -2.54. The Hall–Kier alpha value is -2.31. The molecule has 3 aromatic rings. The van der Waals surface area contributed by atoms with E-state index in [4.69, 9.17) is 50.3 Å². The quantitative estimate of drug-likeness (QED) is 0.388. The maximum absolute atomic E-state index is 12.1. The zero-order chi connectivity index (χ0) is 24.8. The SMILES string of the molecule is CC1(C)CC(NC(C)(C)C(N)=O)c2cc(-c3ccc(Cl)cc3)c(-c3cc(Cl)ccc3Cl)nc2O1. The molecule has 0 bridgehead atoms. The molecule has 0 saturated carbocycles. The Morgan fingerprint density at radius 1 is 1.06 bits per heavy atom. The first kappa shape index (κ1) is 24.8. The Bertz CT molecular complexity index is 1260. The fourth-order valence-electron chi connectivity index (χ4n) is 4.12. The largest absolute Gasteiger partial charge is 0.471 e. The number of rotatable bonds is 5. The summed E-state index contributed by atoms with van der Waals surface area (Å²) in [5, 5.41) is 5.11. The summed E-state index contributed by atoms with van der Waals surface area (Å²) in [5.41, 5.74) is 8.11. The molecule has 0 aliphatic carbocycles. The van der Waals surface area contributed by atoms with E-state index in [-0.39, 0.29) is 6.04 Å². The van der Waals surface area contributed by atoms with Gasteiger partial charge < -0.3 is 10.5 Å². The van der Waals surface area contributed by atoms with Crippen LogP contribution in [0.1, 0.15) is 45.7 Å². The van der Waals surface area contributed by atoms with Gasteiger partial charge in [0, 0.05) is 39.2 Å². The second kappa shape index (κ2) is 9.04. The third-order valence-electron chi connectivity index (χ3n) is 5.95. The summed E-state index contributed by atoms with van der Waals surface area (Å²) in [7, 11) is 0. The summed E-state index contributed by atoms with van der Waals surface area (Å²) in [6.07, 6.45) is 0.621. The second-order valence-electron chi connectivity index (χ2n) is 9.66. The molecule has 5 nitrogen and oxygen atoms in total. The summed E-state index contributed by atoms with van der Waals surface area (Å²) in [6.45, 7) is 7.52. The average molecular weight is 519 g/mol. The Labute approximate surface area is 214 Å². The number of nitrogens with two attached hydrogens (primary N) is 1. The van der Waals surface area contributed by atoms with E-state index in [9.17, 15) is 4.79 Å². The van der Waals surface area contributed by atoms with Gasteiger partial charge in [-0.3, -0.25) is 10.1 Å². The number of carbonyl (C=O) groups is 1. The zero-order valence-corrected chi connectivity index (χ0v) is 21.6. The standard InChI is InChI=1S/C26H26Cl3N3O2/c1-25(2)13-21(32-26(3,4)24(30)33)19-12-17(14-5-7-15(27)8-6-14)22(31-23(19)34-25)18-11-16(28)9-10-20(18)29/h5-12,21,32H,13H2,1-4H3,(H2,30,33). The average Bonchev–Trinajstić information content (AvgIpc) is 2.74. The van der Waals surface area contributed by atoms with Crippen molar-refractivity contribution in [3.63, 3.8) is 0 Å². The number of nitrogens with one attached hydrogen (secondary N) is 1. The molecule has 0 saturated heterocycles. The maximum Gasteiger partial charge on any atom is 0.237 e. The maximum atomic E-state index is 12.1. The number of nitrogens with zero attached hydrogens (tertiary/aromatic N) is 1. The van der Waals surface area contributed by atoms with Crippen LogP contribution in [0, 0.1) is 0 Å². The topological polar surface area (TPSA) is 77.2 Å². The van der Waals surface area contributed by atoms with Crippen molar-refractivity contribution in [2.75, 3.05) is 0 Å². The number of ether oxygens (including phenoxy) is 1. The summed E-state index contributed by atoms with van der Waals surface area (Å²) in [6, 6.07) is 14.6. The minimum Gasteiger partial charge on any atom is -0.471 e. The number of hydrogen-bond donors (Lipinski definition) is 2. The Kier molecular flexibility index (Phi) is 6.60. The highest BCUT2D eigenvalue weighted by molar-refractivity contribution is 6.35. The van der Waals surface area contributed by atoms with Crippen LogP contribution in [0.15, 0.2) is 48.5 Å². The van der Waals surface area contributed by atoms with E-state index in [1.54, 1.807) is 32.0 Å². The van der Waals surface area contributed by atoms with Crippen molar-refractivity contribution >= 4 is 40.7 Å². The molecule has 1 aliphatic heterocycles. The van der Waals surface area contributed by atoms with Crippen molar-refractivity contribution in [1.29, 1.82) is 0 Å². The van der Waals surface area contributed by atoms with E-state index in [0.717, 1.165) is 16.7 Å². The number of benzene rings is 2. The van der Waals surface area contributed by atoms with E-state index in [2.05, 4.69) is 5.32 Å². The first-order valence-electron chi connectivity index (χ1n) is 10.9. The lowest BCUT2D eigenvalue weighted by atomic mass is 9.87. The number of hydrogen-bond acceptors (Lipinski definition) is 4. The van der Waals surface area contributed by atoms with Crippen LogP contribution in [0.2, 0.25) is 15.1 Å². The van der Waals surface area contributed by atoms with Crippen LogP contribution in [0.3, 0.4) is 0 Å². The number of primary amides is 1. The molecule has 2 heterocycles. The lowest BCUT2D eigenvalue weighted by molar-refractivity contribution is -0.123. The van der Waals surface area contributed by atoms with Gasteiger partial charge in [-0.25, -0.2) is 4.98 Å². The molecule has 0 radical (unpaired) electrons. The normalized spacial score (nSPS) is 17.1. The minimum atomic E-state index is -0.926. The highest BCUT2D eigenvalue weighted by Crippen LogP contribution is 2.45. The summed E-state index contributed by atoms with van der Waals surface area (Å²) >= 11 is 19.0. The molecule has 1 aromatic heterocycles. The van der Waals surface area contributed by atoms with E-state index in [1.807, 2.05) is 44.2 Å². The molecule has 34 heavy (non-hydrogen) atoms. The van der Waals surface area contributed by atoms with Crippen LogP contribution < -0.4 is 15.8 Å². The van der Waals surface area contributed by atoms with E-state index >= 15 is 0 Å². The fourth-order valence-corrected chi connectivity index (χ4v) is 4.62. The van der Waals surface area contributed by atoms with E-state index in [0.29, 0.717) is 38.6 Å². The molecule has 1 aliphatic rings. The predicted octanol–water partition coefficient (Wildman–Crippen LogP) is 6.83. The number of halogens is 3. The Balaban J connectivity index is 1.96. The van der Waals surface area contributed by atoms with Crippen molar-refractivity contribution in [2.45, 2.75) is 51.3 Å². The highest BCUT2D eigenvalue weighted by Gasteiger charge is 2.39. The summed E-state index contributed by atoms with van der Waals surface area (Å²) < 4.78 is 6.30. The van der Waals surface area contributed by atoms with Crippen LogP contribution in [0.5, 0.6) is 5.88 Å².